The molecule has 1 aromatic carbocycles. The van der Waals surface area contributed by atoms with Crippen molar-refractivity contribution in [1.29, 1.82) is 5.26 Å². The predicted molar refractivity (Wildman–Crippen MR) is 76.6 cm³/mol. The van der Waals surface area contributed by atoms with E-state index < -0.39 is 18.3 Å². The Hall–Kier alpha value is -1.77. The van der Waals surface area contributed by atoms with Crippen LogP contribution in [0.15, 0.2) is 28.7 Å². The van der Waals surface area contributed by atoms with E-state index in [1.165, 1.54) is 0 Å². The Morgan fingerprint density at radius 1 is 1.05 bits per heavy atom. The molecular weight excluding hydrogens is 253 g/mol. The van der Waals surface area contributed by atoms with E-state index in [0.29, 0.717) is 11.0 Å². The molecule has 1 saturated heterocycles. The zero-order valence-corrected chi connectivity index (χ0v) is 12.1. The average molecular weight is 269 g/mol. The lowest BCUT2D eigenvalue weighted by Gasteiger charge is -2.32. The maximum Gasteiger partial charge on any atom is 0.500 e. The van der Waals surface area contributed by atoms with Gasteiger partial charge in [-0.1, -0.05) is 18.2 Å². The summed E-state index contributed by atoms with van der Waals surface area (Å²) >= 11 is 0. The van der Waals surface area contributed by atoms with Crippen molar-refractivity contribution < 1.29 is 13.7 Å². The molecule has 5 heteroatoms. The molecule has 0 atom stereocenters. The van der Waals surface area contributed by atoms with Gasteiger partial charge >= 0.3 is 7.12 Å². The molecule has 1 aromatic heterocycles. The Morgan fingerprint density at radius 2 is 1.65 bits per heavy atom. The molecule has 0 saturated carbocycles. The van der Waals surface area contributed by atoms with Crippen molar-refractivity contribution in [3.8, 4) is 6.07 Å². The van der Waals surface area contributed by atoms with Crippen molar-refractivity contribution in [3.63, 3.8) is 0 Å². The first-order valence-electron chi connectivity index (χ1n) is 6.63. The predicted octanol–water partition coefficient (Wildman–Crippen LogP) is 2.60. The molecule has 0 radical (unpaired) electrons. The lowest BCUT2D eigenvalue weighted by Crippen LogP contribution is -2.41. The molecule has 1 aliphatic heterocycles. The molecule has 1 aliphatic rings. The van der Waals surface area contributed by atoms with Crippen molar-refractivity contribution >= 4 is 23.6 Å². The highest BCUT2D eigenvalue weighted by Gasteiger charge is 2.53. The minimum Gasteiger partial charge on any atom is -0.446 e. The van der Waals surface area contributed by atoms with Gasteiger partial charge in [0, 0.05) is 10.8 Å². The SMILES string of the molecule is CC1(C)OB(c2c(C#N)oc3ccccc23)OC1(C)C. The summed E-state index contributed by atoms with van der Waals surface area (Å²) in [5, 5.41) is 10.1. The van der Waals surface area contributed by atoms with Gasteiger partial charge in [-0.15, -0.1) is 0 Å². The number of benzene rings is 1. The van der Waals surface area contributed by atoms with E-state index in [1.807, 2.05) is 52.0 Å². The second-order valence-corrected chi connectivity index (χ2v) is 6.04. The van der Waals surface area contributed by atoms with E-state index in [2.05, 4.69) is 6.07 Å². The summed E-state index contributed by atoms with van der Waals surface area (Å²) in [5.41, 5.74) is 0.474. The van der Waals surface area contributed by atoms with Gasteiger partial charge in [-0.05, 0) is 33.8 Å². The summed E-state index contributed by atoms with van der Waals surface area (Å²) in [6.45, 7) is 7.95. The van der Waals surface area contributed by atoms with Gasteiger partial charge in [0.15, 0.2) is 0 Å². The number of para-hydroxylation sites is 1. The van der Waals surface area contributed by atoms with Gasteiger partial charge in [0.25, 0.3) is 0 Å². The van der Waals surface area contributed by atoms with Crippen LogP contribution in [0.25, 0.3) is 11.0 Å². The van der Waals surface area contributed by atoms with Crippen LogP contribution in [0.1, 0.15) is 33.5 Å². The average Bonchev–Trinajstić information content (AvgIpc) is 2.84. The van der Waals surface area contributed by atoms with Crippen LogP contribution in [-0.2, 0) is 9.31 Å². The fourth-order valence-electron chi connectivity index (χ4n) is 2.34. The van der Waals surface area contributed by atoms with Crippen LogP contribution >= 0.6 is 0 Å². The van der Waals surface area contributed by atoms with E-state index in [-0.39, 0.29) is 5.76 Å². The highest BCUT2D eigenvalue weighted by atomic mass is 16.7. The number of hydrogen-bond donors (Lipinski definition) is 0. The Bertz CT molecular complexity index is 695. The number of hydrogen-bond acceptors (Lipinski definition) is 4. The highest BCUT2D eigenvalue weighted by Crippen LogP contribution is 2.37. The Labute approximate surface area is 118 Å². The van der Waals surface area contributed by atoms with Crippen LogP contribution in [0.2, 0.25) is 0 Å². The van der Waals surface area contributed by atoms with Gasteiger partial charge < -0.3 is 13.7 Å². The second kappa shape index (κ2) is 4.11. The number of nitriles is 1. The molecule has 0 N–H and O–H groups in total. The summed E-state index contributed by atoms with van der Waals surface area (Å²) in [7, 11) is -0.585. The largest absolute Gasteiger partial charge is 0.500 e. The van der Waals surface area contributed by atoms with E-state index >= 15 is 0 Å². The van der Waals surface area contributed by atoms with Gasteiger partial charge in [-0.2, -0.15) is 5.26 Å². The highest BCUT2D eigenvalue weighted by molar-refractivity contribution is 6.65. The third-order valence-corrected chi connectivity index (χ3v) is 4.22. The fraction of sp³-hybridized carbons (Fsp3) is 0.400. The van der Waals surface area contributed by atoms with Gasteiger partial charge in [0.05, 0.1) is 11.2 Å². The summed E-state index contributed by atoms with van der Waals surface area (Å²) in [6.07, 6.45) is 0. The normalized spacial score (nSPS) is 20.2. The summed E-state index contributed by atoms with van der Waals surface area (Å²) in [5.74, 6) is 0.254. The van der Waals surface area contributed by atoms with Crippen molar-refractivity contribution in [3.05, 3.63) is 30.0 Å². The lowest BCUT2D eigenvalue weighted by molar-refractivity contribution is 0.00578. The maximum absolute atomic E-state index is 9.29. The third kappa shape index (κ3) is 1.76. The molecular formula is C15H16BNO3. The van der Waals surface area contributed by atoms with E-state index in [0.717, 1.165) is 5.39 Å². The standard InChI is InChI=1S/C15H16BNO3/c1-14(2)15(3,4)20-16(19-14)13-10-7-5-6-8-11(10)18-12(13)9-17/h5-8H,1-4H3. The molecule has 20 heavy (non-hydrogen) atoms. The van der Waals surface area contributed by atoms with Crippen LogP contribution in [0.4, 0.5) is 0 Å². The zero-order valence-electron chi connectivity index (χ0n) is 12.1. The Kier molecular flexibility index (Phi) is 2.72. The maximum atomic E-state index is 9.29. The van der Waals surface area contributed by atoms with Crippen LogP contribution < -0.4 is 5.46 Å². The van der Waals surface area contributed by atoms with Gasteiger partial charge in [-0.25, -0.2) is 0 Å². The monoisotopic (exact) mass is 269 g/mol. The molecule has 0 amide bonds. The number of nitrogens with zero attached hydrogens (tertiary/aromatic N) is 1. The molecule has 0 unspecified atom stereocenters. The van der Waals surface area contributed by atoms with Crippen LogP contribution in [0, 0.1) is 11.3 Å². The van der Waals surface area contributed by atoms with Crippen LogP contribution in [0.3, 0.4) is 0 Å². The van der Waals surface area contributed by atoms with Gasteiger partial charge in [0.2, 0.25) is 5.76 Å². The van der Waals surface area contributed by atoms with Crippen LogP contribution in [0.5, 0.6) is 0 Å². The minimum absolute atomic E-state index is 0.254. The Balaban J connectivity index is 2.15. The first kappa shape index (κ1) is 13.2. The molecule has 2 heterocycles. The molecule has 2 aromatic rings. The molecule has 4 nitrogen and oxygen atoms in total. The van der Waals surface area contributed by atoms with Gasteiger partial charge in [-0.3, -0.25) is 0 Å². The second-order valence-electron chi connectivity index (χ2n) is 6.04. The zero-order chi connectivity index (χ0) is 14.5. The Morgan fingerprint density at radius 3 is 2.25 bits per heavy atom. The minimum atomic E-state index is -0.585. The third-order valence-electron chi connectivity index (χ3n) is 4.22. The molecule has 0 spiro atoms. The first-order valence-corrected chi connectivity index (χ1v) is 6.63. The fourth-order valence-corrected chi connectivity index (χ4v) is 2.34. The summed E-state index contributed by atoms with van der Waals surface area (Å²) < 4.78 is 17.6. The number of furan rings is 1. The molecule has 0 bridgehead atoms. The van der Waals surface area contributed by atoms with Crippen molar-refractivity contribution in [2.24, 2.45) is 0 Å². The van der Waals surface area contributed by atoms with E-state index in [1.54, 1.807) is 0 Å². The summed E-state index contributed by atoms with van der Waals surface area (Å²) in [4.78, 5) is 0. The summed E-state index contributed by atoms with van der Waals surface area (Å²) in [6, 6.07) is 9.63. The molecule has 102 valence electrons. The van der Waals surface area contributed by atoms with Crippen molar-refractivity contribution in [2.45, 2.75) is 38.9 Å². The quantitative estimate of drug-likeness (QED) is 0.747. The van der Waals surface area contributed by atoms with Crippen LogP contribution in [-0.4, -0.2) is 18.3 Å². The van der Waals surface area contributed by atoms with Crippen molar-refractivity contribution in [1.82, 2.24) is 0 Å². The van der Waals surface area contributed by atoms with E-state index in [9.17, 15) is 5.26 Å². The number of rotatable bonds is 1. The van der Waals surface area contributed by atoms with E-state index in [4.69, 9.17) is 13.7 Å². The molecule has 0 aliphatic carbocycles. The smallest absolute Gasteiger partial charge is 0.446 e. The molecule has 1 fully saturated rings. The molecule has 3 rings (SSSR count). The number of fused-ring (bicyclic) bond motifs is 1. The van der Waals surface area contributed by atoms with Gasteiger partial charge in [0.1, 0.15) is 11.7 Å². The topological polar surface area (TPSA) is 55.4 Å². The van der Waals surface area contributed by atoms with Crippen molar-refractivity contribution in [2.75, 3.05) is 0 Å². The first-order chi connectivity index (χ1) is 9.36. The lowest BCUT2D eigenvalue weighted by atomic mass is 9.77.